The number of aromatic nitrogens is 1. The molecule has 0 aliphatic heterocycles. The monoisotopic (exact) mass is 198 g/mol. The van der Waals surface area contributed by atoms with Crippen LogP contribution in [0.15, 0.2) is 10.5 Å². The van der Waals surface area contributed by atoms with Crippen LogP contribution in [0.25, 0.3) is 10.4 Å². The van der Waals surface area contributed by atoms with Crippen molar-refractivity contribution in [2.75, 3.05) is 0 Å². The molecule has 0 bridgehead atoms. The summed E-state index contributed by atoms with van der Waals surface area (Å²) in [6.45, 7) is 0.152. The molecule has 1 aromatic heterocycles. The zero-order valence-corrected chi connectivity index (χ0v) is 7.28. The maximum atomic E-state index is 10.9. The number of nitrogens with zero attached hydrogens (tertiary/aromatic N) is 4. The lowest BCUT2D eigenvalue weighted by Gasteiger charge is -1.90. The number of nitrogens with one attached hydrogen (secondary N) is 1. The Bertz CT molecular complexity index is 354. The molecule has 1 rings (SSSR count). The van der Waals surface area contributed by atoms with Gasteiger partial charge in [-0.05, 0) is 5.53 Å². The summed E-state index contributed by atoms with van der Waals surface area (Å²) in [5.74, 6) is 4.44. The van der Waals surface area contributed by atoms with E-state index in [1.807, 2.05) is 5.43 Å². The van der Waals surface area contributed by atoms with E-state index >= 15 is 0 Å². The number of nitrogen functional groups attached to an aromatic ring is 1. The minimum absolute atomic E-state index is 0.152. The largest absolute Gasteiger partial charge is 0.289 e. The number of hydrogen-bond acceptors (Lipinski definition) is 5. The molecule has 68 valence electrons. The van der Waals surface area contributed by atoms with Gasteiger partial charge in [0.05, 0.1) is 11.6 Å². The molecule has 1 amide bonds. The third-order valence-corrected chi connectivity index (χ3v) is 2.02. The first-order valence-corrected chi connectivity index (χ1v) is 4.12. The van der Waals surface area contributed by atoms with E-state index in [2.05, 4.69) is 15.0 Å². The highest BCUT2D eigenvalue weighted by Crippen LogP contribution is 2.10. The van der Waals surface area contributed by atoms with Gasteiger partial charge in [-0.3, -0.25) is 10.2 Å². The number of amides is 1. The van der Waals surface area contributed by atoms with Crippen molar-refractivity contribution < 1.29 is 4.79 Å². The Hall–Kier alpha value is -1.63. The average Bonchev–Trinajstić information content (AvgIpc) is 2.62. The number of nitrogens with two attached hydrogens (primary N) is 1. The van der Waals surface area contributed by atoms with Crippen molar-refractivity contribution in [3.8, 4) is 0 Å². The third-order valence-electron chi connectivity index (χ3n) is 1.18. The van der Waals surface area contributed by atoms with Gasteiger partial charge in [0.2, 0.25) is 0 Å². The highest BCUT2D eigenvalue weighted by atomic mass is 32.1. The first kappa shape index (κ1) is 9.46. The summed E-state index contributed by atoms with van der Waals surface area (Å²) in [6.07, 6.45) is 0. The van der Waals surface area contributed by atoms with Crippen molar-refractivity contribution in [3.63, 3.8) is 0 Å². The van der Waals surface area contributed by atoms with Crippen LogP contribution in [0.1, 0.15) is 15.5 Å². The second-order valence-corrected chi connectivity index (χ2v) is 2.93. The number of hydrazine groups is 1. The van der Waals surface area contributed by atoms with Crippen LogP contribution in [0.5, 0.6) is 0 Å². The van der Waals surface area contributed by atoms with Crippen molar-refractivity contribution in [2.45, 2.75) is 6.54 Å². The predicted molar refractivity (Wildman–Crippen MR) is 46.6 cm³/mol. The molecule has 7 nitrogen and oxygen atoms in total. The highest BCUT2D eigenvalue weighted by Gasteiger charge is 2.07. The fraction of sp³-hybridized carbons (Fsp3) is 0.200. The molecule has 0 saturated heterocycles. The molecular formula is C5H6N6OS. The van der Waals surface area contributed by atoms with Gasteiger partial charge in [-0.2, -0.15) is 0 Å². The molecule has 8 heteroatoms. The van der Waals surface area contributed by atoms with Crippen LogP contribution in [0.3, 0.4) is 0 Å². The van der Waals surface area contributed by atoms with Gasteiger partial charge in [0.1, 0.15) is 5.69 Å². The van der Waals surface area contributed by atoms with E-state index in [9.17, 15) is 4.79 Å². The second-order valence-electron chi connectivity index (χ2n) is 1.99. The number of carbonyl (C=O) groups excluding carboxylic acids is 1. The molecule has 0 aliphatic rings. The number of carbonyl (C=O) groups is 1. The van der Waals surface area contributed by atoms with E-state index in [0.29, 0.717) is 5.01 Å². The van der Waals surface area contributed by atoms with E-state index in [4.69, 9.17) is 11.4 Å². The van der Waals surface area contributed by atoms with Crippen LogP contribution in [0, 0.1) is 0 Å². The lowest BCUT2D eigenvalue weighted by molar-refractivity contribution is 0.0949. The van der Waals surface area contributed by atoms with Crippen molar-refractivity contribution >= 4 is 17.2 Å². The van der Waals surface area contributed by atoms with Crippen molar-refractivity contribution in [1.29, 1.82) is 0 Å². The summed E-state index contributed by atoms with van der Waals surface area (Å²) in [7, 11) is 0. The molecule has 0 aliphatic carbocycles. The molecule has 3 N–H and O–H groups in total. The summed E-state index contributed by atoms with van der Waals surface area (Å²) in [6, 6.07) is 0. The molecule has 1 aromatic rings. The Morgan fingerprint density at radius 3 is 3.31 bits per heavy atom. The van der Waals surface area contributed by atoms with Crippen LogP contribution >= 0.6 is 11.3 Å². The molecule has 0 aromatic carbocycles. The summed E-state index contributed by atoms with van der Waals surface area (Å²) in [5.41, 5.74) is 10.2. The van der Waals surface area contributed by atoms with E-state index < -0.39 is 5.91 Å². The first-order chi connectivity index (χ1) is 6.27. The van der Waals surface area contributed by atoms with Crippen LogP contribution < -0.4 is 11.3 Å². The van der Waals surface area contributed by atoms with Gasteiger partial charge in [-0.15, -0.1) is 11.3 Å². The number of rotatable bonds is 3. The highest BCUT2D eigenvalue weighted by molar-refractivity contribution is 7.09. The average molecular weight is 198 g/mol. The van der Waals surface area contributed by atoms with E-state index in [0.717, 1.165) is 0 Å². The van der Waals surface area contributed by atoms with Crippen molar-refractivity contribution in [1.82, 2.24) is 10.4 Å². The zero-order valence-electron chi connectivity index (χ0n) is 6.47. The normalized spacial score (nSPS) is 9.00. The zero-order chi connectivity index (χ0) is 9.68. The maximum Gasteiger partial charge on any atom is 0.284 e. The molecule has 0 radical (unpaired) electrons. The Morgan fingerprint density at radius 1 is 1.92 bits per heavy atom. The summed E-state index contributed by atoms with van der Waals surface area (Å²) >= 11 is 1.24. The van der Waals surface area contributed by atoms with Crippen LogP contribution in [0.4, 0.5) is 0 Å². The SMILES string of the molecule is [N-]=[N+]=NCc1nc(C(=O)NN)cs1. The third kappa shape index (κ3) is 2.41. The van der Waals surface area contributed by atoms with E-state index in [1.165, 1.54) is 11.3 Å². The van der Waals surface area contributed by atoms with Crippen molar-refractivity contribution in [3.05, 3.63) is 26.5 Å². The number of thiazole rings is 1. The molecule has 13 heavy (non-hydrogen) atoms. The molecule has 0 spiro atoms. The van der Waals surface area contributed by atoms with Gasteiger partial charge in [-0.25, -0.2) is 10.8 Å². The van der Waals surface area contributed by atoms with E-state index in [1.54, 1.807) is 5.38 Å². The number of hydrogen-bond donors (Lipinski definition) is 2. The fourth-order valence-corrected chi connectivity index (χ4v) is 1.34. The van der Waals surface area contributed by atoms with Crippen LogP contribution in [-0.4, -0.2) is 10.9 Å². The predicted octanol–water partition coefficient (Wildman–Crippen LogP) is 0.557. The Kier molecular flexibility index (Phi) is 3.21. The first-order valence-electron chi connectivity index (χ1n) is 3.24. The lowest BCUT2D eigenvalue weighted by Crippen LogP contribution is -2.30. The van der Waals surface area contributed by atoms with Gasteiger partial charge in [0.15, 0.2) is 0 Å². The molecular weight excluding hydrogens is 192 g/mol. The Balaban J connectivity index is 2.74. The molecule has 0 fully saturated rings. The summed E-state index contributed by atoms with van der Waals surface area (Å²) in [4.78, 5) is 17.4. The number of azide groups is 1. The van der Waals surface area contributed by atoms with Gasteiger partial charge in [0, 0.05) is 10.3 Å². The Morgan fingerprint density at radius 2 is 2.69 bits per heavy atom. The van der Waals surface area contributed by atoms with E-state index in [-0.39, 0.29) is 12.2 Å². The molecule has 0 unspecified atom stereocenters. The summed E-state index contributed by atoms with van der Waals surface area (Å²) in [5, 5.41) is 5.43. The molecule has 0 saturated carbocycles. The molecule has 1 heterocycles. The second kappa shape index (κ2) is 4.41. The minimum atomic E-state index is -0.455. The van der Waals surface area contributed by atoms with Crippen LogP contribution in [-0.2, 0) is 6.54 Å². The van der Waals surface area contributed by atoms with Crippen molar-refractivity contribution in [2.24, 2.45) is 11.0 Å². The summed E-state index contributed by atoms with van der Waals surface area (Å²) < 4.78 is 0. The molecule has 0 atom stereocenters. The van der Waals surface area contributed by atoms with Gasteiger partial charge < -0.3 is 0 Å². The van der Waals surface area contributed by atoms with Gasteiger partial charge in [-0.1, -0.05) is 5.11 Å². The van der Waals surface area contributed by atoms with Gasteiger partial charge >= 0.3 is 0 Å². The quantitative estimate of drug-likeness (QED) is 0.184. The van der Waals surface area contributed by atoms with Gasteiger partial charge in [0.25, 0.3) is 5.91 Å². The topological polar surface area (TPSA) is 117 Å². The Labute approximate surface area is 77.2 Å². The smallest absolute Gasteiger partial charge is 0.284 e. The lowest BCUT2D eigenvalue weighted by atomic mass is 10.5. The fourth-order valence-electron chi connectivity index (χ4n) is 0.654. The standard InChI is InChI=1S/C5H6N6OS/c6-10-5(12)3-2-13-4(9-3)1-8-11-7/h2H,1,6H2,(H,10,12). The van der Waals surface area contributed by atoms with Crippen LogP contribution in [0.2, 0.25) is 0 Å². The maximum absolute atomic E-state index is 10.9. The minimum Gasteiger partial charge on any atom is -0.289 e.